The molecular formula is C22H26N2O5. The van der Waals surface area contributed by atoms with Gasteiger partial charge in [0.2, 0.25) is 5.82 Å². The average molecular weight is 398 g/mol. The van der Waals surface area contributed by atoms with E-state index >= 15 is 0 Å². The van der Waals surface area contributed by atoms with Crippen LogP contribution in [-0.4, -0.2) is 30.3 Å². The fourth-order valence-electron chi connectivity index (χ4n) is 6.05. The molecular weight excluding hydrogens is 372 g/mol. The first-order valence-corrected chi connectivity index (χ1v) is 10.3. The second kappa shape index (κ2) is 7.04. The van der Waals surface area contributed by atoms with Crippen LogP contribution in [0.2, 0.25) is 0 Å². The van der Waals surface area contributed by atoms with Crippen molar-refractivity contribution in [3.8, 4) is 22.9 Å². The van der Waals surface area contributed by atoms with Crippen molar-refractivity contribution in [3.63, 3.8) is 0 Å². The molecule has 4 saturated carbocycles. The first kappa shape index (κ1) is 18.5. The summed E-state index contributed by atoms with van der Waals surface area (Å²) in [4.78, 5) is 17.4. The summed E-state index contributed by atoms with van der Waals surface area (Å²) in [7, 11) is 3.17. The molecule has 1 aromatic carbocycles. The first-order chi connectivity index (χ1) is 14.1. The van der Waals surface area contributed by atoms with E-state index in [1.807, 2.05) is 6.07 Å². The summed E-state index contributed by atoms with van der Waals surface area (Å²) in [5.74, 6) is 3.96. The second-order valence-corrected chi connectivity index (χ2v) is 8.85. The minimum Gasteiger partial charge on any atom is -0.497 e. The third-order valence-corrected chi connectivity index (χ3v) is 6.92. The number of benzene rings is 1. The number of aromatic nitrogens is 2. The zero-order valence-corrected chi connectivity index (χ0v) is 16.8. The number of carbonyl (C=O) groups excluding carboxylic acids is 1. The van der Waals surface area contributed by atoms with Crippen molar-refractivity contribution in [2.24, 2.45) is 23.2 Å². The highest BCUT2D eigenvalue weighted by Gasteiger charge is 2.55. The minimum absolute atomic E-state index is 0.00601. The zero-order valence-electron chi connectivity index (χ0n) is 16.8. The summed E-state index contributed by atoms with van der Waals surface area (Å²) >= 11 is 0. The second-order valence-electron chi connectivity index (χ2n) is 8.85. The van der Waals surface area contributed by atoms with Crippen LogP contribution >= 0.6 is 0 Å². The lowest BCUT2D eigenvalue weighted by Gasteiger charge is -2.55. The van der Waals surface area contributed by atoms with Gasteiger partial charge in [0.15, 0.2) is 6.61 Å². The lowest BCUT2D eigenvalue weighted by Crippen LogP contribution is -2.50. The predicted molar refractivity (Wildman–Crippen MR) is 103 cm³/mol. The highest BCUT2D eigenvalue weighted by molar-refractivity contribution is 5.77. The number of methoxy groups -OCH3 is 2. The quantitative estimate of drug-likeness (QED) is 0.680. The number of esters is 1. The molecule has 7 nitrogen and oxygen atoms in total. The topological polar surface area (TPSA) is 83.7 Å². The van der Waals surface area contributed by atoms with Crippen LogP contribution in [0.15, 0.2) is 22.7 Å². The Labute approximate surface area is 169 Å². The molecule has 0 radical (unpaired) electrons. The first-order valence-electron chi connectivity index (χ1n) is 10.3. The van der Waals surface area contributed by atoms with Crippen LogP contribution in [0.5, 0.6) is 11.5 Å². The molecule has 4 aliphatic carbocycles. The molecule has 7 heteroatoms. The Morgan fingerprint density at radius 2 is 1.79 bits per heavy atom. The van der Waals surface area contributed by atoms with E-state index in [0.29, 0.717) is 40.6 Å². The number of hydrogen-bond donors (Lipinski definition) is 0. The summed E-state index contributed by atoms with van der Waals surface area (Å²) in [5, 5.41) is 4.02. The highest BCUT2D eigenvalue weighted by Crippen LogP contribution is 2.60. The Hall–Kier alpha value is -2.57. The molecule has 4 aliphatic rings. The van der Waals surface area contributed by atoms with Crippen molar-refractivity contribution in [1.82, 2.24) is 10.1 Å². The monoisotopic (exact) mass is 398 g/mol. The maximum absolute atomic E-state index is 13.0. The summed E-state index contributed by atoms with van der Waals surface area (Å²) < 4.78 is 21.6. The normalized spacial score (nSPS) is 29.7. The van der Waals surface area contributed by atoms with Gasteiger partial charge in [0.05, 0.1) is 25.2 Å². The van der Waals surface area contributed by atoms with Gasteiger partial charge in [-0.05, 0) is 68.4 Å². The lowest BCUT2D eigenvalue weighted by atomic mass is 9.49. The molecule has 0 spiro atoms. The van der Waals surface area contributed by atoms with Gasteiger partial charge in [0.1, 0.15) is 11.5 Å². The van der Waals surface area contributed by atoms with Gasteiger partial charge < -0.3 is 18.7 Å². The molecule has 6 rings (SSSR count). The Morgan fingerprint density at radius 3 is 2.41 bits per heavy atom. The molecule has 1 aromatic heterocycles. The summed E-state index contributed by atoms with van der Waals surface area (Å²) in [6, 6.07) is 5.38. The van der Waals surface area contributed by atoms with E-state index in [-0.39, 0.29) is 23.9 Å². The van der Waals surface area contributed by atoms with Crippen molar-refractivity contribution in [1.29, 1.82) is 0 Å². The van der Waals surface area contributed by atoms with Crippen molar-refractivity contribution in [2.45, 2.75) is 45.1 Å². The molecule has 0 saturated heterocycles. The van der Waals surface area contributed by atoms with E-state index in [0.717, 1.165) is 19.3 Å². The molecule has 0 amide bonds. The third-order valence-electron chi connectivity index (χ3n) is 6.92. The van der Waals surface area contributed by atoms with E-state index in [4.69, 9.17) is 18.7 Å². The largest absolute Gasteiger partial charge is 0.497 e. The maximum atomic E-state index is 13.0. The molecule has 154 valence electrons. The smallest absolute Gasteiger partial charge is 0.312 e. The fourth-order valence-corrected chi connectivity index (χ4v) is 6.05. The number of rotatable bonds is 6. The van der Waals surface area contributed by atoms with Gasteiger partial charge in [-0.25, -0.2) is 0 Å². The Balaban J connectivity index is 1.27. The number of nitrogens with zero attached hydrogens (tertiary/aromatic N) is 2. The van der Waals surface area contributed by atoms with Crippen molar-refractivity contribution < 1.29 is 23.5 Å². The van der Waals surface area contributed by atoms with E-state index in [1.165, 1.54) is 19.3 Å². The van der Waals surface area contributed by atoms with Gasteiger partial charge in [0, 0.05) is 6.07 Å². The van der Waals surface area contributed by atoms with Crippen LogP contribution in [-0.2, 0) is 16.1 Å². The van der Waals surface area contributed by atoms with Crippen LogP contribution in [0.25, 0.3) is 11.4 Å². The van der Waals surface area contributed by atoms with Crippen LogP contribution in [0.1, 0.15) is 44.4 Å². The van der Waals surface area contributed by atoms with Gasteiger partial charge in [-0.3, -0.25) is 4.79 Å². The van der Waals surface area contributed by atoms with Crippen LogP contribution in [0, 0.1) is 23.2 Å². The number of hydrogen-bond acceptors (Lipinski definition) is 7. The molecule has 0 atom stereocenters. The SMILES string of the molecule is COc1ccc(-c2noc(COC(=O)C34CC5CC(CC(C5)C3)C4)n2)c(OC)c1. The van der Waals surface area contributed by atoms with E-state index in [9.17, 15) is 4.79 Å². The molecule has 0 unspecified atom stereocenters. The standard InChI is InChI=1S/C22H26N2O5/c1-26-16-3-4-17(18(8-16)27-2)20-23-19(29-24-20)12-28-21(25)22-9-13-5-14(10-22)7-15(6-13)11-22/h3-4,8,13-15H,5-7,9-12H2,1-2H3. The van der Waals surface area contributed by atoms with E-state index in [2.05, 4.69) is 10.1 Å². The molecule has 1 heterocycles. The van der Waals surface area contributed by atoms with Gasteiger partial charge in [-0.2, -0.15) is 4.98 Å². The van der Waals surface area contributed by atoms with Crippen LogP contribution in [0.4, 0.5) is 0 Å². The Bertz CT molecular complexity index is 886. The summed E-state index contributed by atoms with van der Waals surface area (Å²) in [6.45, 7) is 0.00601. The Morgan fingerprint density at radius 1 is 1.10 bits per heavy atom. The Kier molecular flexibility index (Phi) is 4.48. The fraction of sp³-hybridized carbons (Fsp3) is 0.591. The molecule has 2 aromatic rings. The van der Waals surface area contributed by atoms with Crippen LogP contribution in [0.3, 0.4) is 0 Å². The summed E-state index contributed by atoms with van der Waals surface area (Å²) in [5.41, 5.74) is 0.410. The predicted octanol–water partition coefficient (Wildman–Crippen LogP) is 4.01. The summed E-state index contributed by atoms with van der Waals surface area (Å²) in [6.07, 6.45) is 6.83. The van der Waals surface area contributed by atoms with E-state index < -0.39 is 0 Å². The third kappa shape index (κ3) is 3.26. The molecule has 0 aliphatic heterocycles. The van der Waals surface area contributed by atoms with Gasteiger partial charge in [-0.1, -0.05) is 5.16 Å². The van der Waals surface area contributed by atoms with Gasteiger partial charge >= 0.3 is 5.97 Å². The van der Waals surface area contributed by atoms with Crippen LogP contribution < -0.4 is 9.47 Å². The lowest BCUT2D eigenvalue weighted by molar-refractivity contribution is -0.173. The molecule has 0 N–H and O–H groups in total. The number of ether oxygens (including phenoxy) is 3. The van der Waals surface area contributed by atoms with Crippen molar-refractivity contribution in [3.05, 3.63) is 24.1 Å². The maximum Gasteiger partial charge on any atom is 0.312 e. The molecule has 29 heavy (non-hydrogen) atoms. The minimum atomic E-state index is -0.281. The van der Waals surface area contributed by atoms with Gasteiger partial charge in [0.25, 0.3) is 5.89 Å². The highest BCUT2D eigenvalue weighted by atomic mass is 16.6. The zero-order chi connectivity index (χ0) is 20.0. The van der Waals surface area contributed by atoms with E-state index in [1.54, 1.807) is 26.4 Å². The van der Waals surface area contributed by atoms with Crippen molar-refractivity contribution >= 4 is 5.97 Å². The number of carbonyl (C=O) groups is 1. The van der Waals surface area contributed by atoms with Crippen molar-refractivity contribution in [2.75, 3.05) is 14.2 Å². The molecule has 4 bridgehead atoms. The molecule has 4 fully saturated rings. The average Bonchev–Trinajstić information content (AvgIpc) is 3.19. The van der Waals surface area contributed by atoms with Gasteiger partial charge in [-0.15, -0.1) is 0 Å².